The molecule has 1 saturated carbocycles. The summed E-state index contributed by atoms with van der Waals surface area (Å²) in [6.45, 7) is 0.887. The molecule has 0 saturated heterocycles. The monoisotopic (exact) mass is 415 g/mol. The molecule has 2 heterocycles. The Balaban J connectivity index is 1.58. The highest BCUT2D eigenvalue weighted by molar-refractivity contribution is 5.82. The van der Waals surface area contributed by atoms with Gasteiger partial charge in [-0.1, -0.05) is 0 Å². The number of hydrogen-bond acceptors (Lipinski definition) is 6. The smallest absolute Gasteiger partial charge is 0.121 e. The van der Waals surface area contributed by atoms with E-state index < -0.39 is 0 Å². The molecule has 0 radical (unpaired) electrons. The van der Waals surface area contributed by atoms with Crippen molar-refractivity contribution in [1.29, 1.82) is 0 Å². The number of anilines is 2. The highest BCUT2D eigenvalue weighted by atomic mass is 16.5. The third-order valence-electron chi connectivity index (χ3n) is 5.66. The lowest BCUT2D eigenvalue weighted by Crippen LogP contribution is -2.20. The lowest BCUT2D eigenvalue weighted by molar-refractivity contribution is 0.281. The molecule has 0 atom stereocenters. The molecule has 1 aliphatic carbocycles. The average molecular weight is 415 g/mol. The molecular formula is C24H25N5O2. The van der Waals surface area contributed by atoms with Crippen LogP contribution in [0.1, 0.15) is 18.4 Å². The number of hydrogen-bond donors (Lipinski definition) is 1. The van der Waals surface area contributed by atoms with Crippen LogP contribution in [0.15, 0.2) is 55.0 Å². The molecule has 4 aromatic rings. The topological polar surface area (TPSA) is 76.3 Å². The number of aliphatic hydroxyl groups excluding tert-OH is 1. The summed E-state index contributed by atoms with van der Waals surface area (Å²) >= 11 is 0. The number of fused-ring (bicyclic) bond motifs is 1. The fourth-order valence-electron chi connectivity index (χ4n) is 3.79. The van der Waals surface area contributed by atoms with E-state index in [4.69, 9.17) is 9.72 Å². The van der Waals surface area contributed by atoms with Crippen LogP contribution in [0.4, 0.5) is 11.4 Å². The van der Waals surface area contributed by atoms with Crippen LogP contribution in [0.25, 0.3) is 22.3 Å². The minimum absolute atomic E-state index is 0.0286. The minimum atomic E-state index is -0.0286. The summed E-state index contributed by atoms with van der Waals surface area (Å²) in [5.41, 5.74) is 6.32. The molecule has 0 aliphatic heterocycles. The highest BCUT2D eigenvalue weighted by Gasteiger charge is 2.26. The van der Waals surface area contributed by atoms with Crippen molar-refractivity contribution in [3.8, 4) is 17.0 Å². The van der Waals surface area contributed by atoms with Gasteiger partial charge in [0.1, 0.15) is 5.75 Å². The van der Waals surface area contributed by atoms with Crippen molar-refractivity contribution in [2.24, 2.45) is 13.0 Å². The largest absolute Gasteiger partial charge is 0.497 e. The SMILES string of the molecule is COc1cc(CO)cc(N(CC2CC2)c2ccc3ncc(-c4cnn(C)c4)nc3c2)c1. The molecule has 0 spiro atoms. The molecule has 158 valence electrons. The number of ether oxygens (including phenoxy) is 1. The Kier molecular flexibility index (Phi) is 5.03. The molecule has 1 aliphatic rings. The number of methoxy groups -OCH3 is 1. The summed E-state index contributed by atoms with van der Waals surface area (Å²) in [7, 11) is 3.54. The van der Waals surface area contributed by atoms with E-state index in [9.17, 15) is 5.11 Å². The average Bonchev–Trinajstić information content (AvgIpc) is 3.53. The number of aryl methyl sites for hydroxylation is 1. The summed E-state index contributed by atoms with van der Waals surface area (Å²) in [6, 6.07) is 12.1. The van der Waals surface area contributed by atoms with Gasteiger partial charge >= 0.3 is 0 Å². The number of aromatic nitrogens is 4. The molecule has 0 amide bonds. The van der Waals surface area contributed by atoms with Crippen molar-refractivity contribution in [3.63, 3.8) is 0 Å². The van der Waals surface area contributed by atoms with Crippen molar-refractivity contribution < 1.29 is 9.84 Å². The fraction of sp³-hybridized carbons (Fsp3) is 0.292. The van der Waals surface area contributed by atoms with Gasteiger partial charge in [0.2, 0.25) is 0 Å². The maximum atomic E-state index is 9.71. The summed E-state index contributed by atoms with van der Waals surface area (Å²) in [6.07, 6.45) is 8.01. The zero-order valence-corrected chi connectivity index (χ0v) is 17.7. The van der Waals surface area contributed by atoms with Crippen LogP contribution < -0.4 is 9.64 Å². The number of aliphatic hydroxyl groups is 1. The molecule has 7 heteroatoms. The van der Waals surface area contributed by atoms with Crippen LogP contribution in [0.5, 0.6) is 5.75 Å². The molecular weight excluding hydrogens is 390 g/mol. The van der Waals surface area contributed by atoms with Gasteiger partial charge in [0.15, 0.2) is 0 Å². The Morgan fingerprint density at radius 1 is 1.10 bits per heavy atom. The quantitative estimate of drug-likeness (QED) is 0.490. The van der Waals surface area contributed by atoms with Crippen molar-refractivity contribution in [2.75, 3.05) is 18.6 Å². The Bertz CT molecular complexity index is 1210. The number of nitrogens with zero attached hydrogens (tertiary/aromatic N) is 5. The van der Waals surface area contributed by atoms with Crippen LogP contribution in [-0.4, -0.2) is 38.5 Å². The Hall–Kier alpha value is -3.45. The molecule has 0 unspecified atom stereocenters. The Labute approximate surface area is 180 Å². The molecule has 31 heavy (non-hydrogen) atoms. The summed E-state index contributed by atoms with van der Waals surface area (Å²) in [4.78, 5) is 11.7. The van der Waals surface area contributed by atoms with Gasteiger partial charge in [0.25, 0.3) is 0 Å². The lowest BCUT2D eigenvalue weighted by atomic mass is 10.1. The second-order valence-electron chi connectivity index (χ2n) is 8.08. The first-order valence-electron chi connectivity index (χ1n) is 10.4. The van der Waals surface area contributed by atoms with E-state index in [0.717, 1.165) is 51.5 Å². The first-order chi connectivity index (χ1) is 15.1. The third-order valence-corrected chi connectivity index (χ3v) is 5.66. The first-order valence-corrected chi connectivity index (χ1v) is 10.4. The Morgan fingerprint density at radius 2 is 1.97 bits per heavy atom. The summed E-state index contributed by atoms with van der Waals surface area (Å²) in [5, 5.41) is 14.0. The molecule has 1 fully saturated rings. The fourth-order valence-corrected chi connectivity index (χ4v) is 3.79. The van der Waals surface area contributed by atoms with Gasteiger partial charge in [0, 0.05) is 42.8 Å². The van der Waals surface area contributed by atoms with Crippen LogP contribution in [0.2, 0.25) is 0 Å². The van der Waals surface area contributed by atoms with Gasteiger partial charge in [-0.3, -0.25) is 9.67 Å². The van der Waals surface area contributed by atoms with Crippen LogP contribution >= 0.6 is 0 Å². The summed E-state index contributed by atoms with van der Waals surface area (Å²) < 4.78 is 7.23. The second kappa shape index (κ2) is 8.00. The molecule has 2 aromatic carbocycles. The normalized spacial score (nSPS) is 13.5. The van der Waals surface area contributed by atoms with Crippen LogP contribution in [0.3, 0.4) is 0 Å². The van der Waals surface area contributed by atoms with E-state index in [1.165, 1.54) is 12.8 Å². The van der Waals surface area contributed by atoms with E-state index in [-0.39, 0.29) is 6.61 Å². The zero-order chi connectivity index (χ0) is 21.4. The third kappa shape index (κ3) is 4.09. The van der Waals surface area contributed by atoms with Gasteiger partial charge in [-0.15, -0.1) is 0 Å². The lowest BCUT2D eigenvalue weighted by Gasteiger charge is -2.26. The van der Waals surface area contributed by atoms with Gasteiger partial charge in [0.05, 0.1) is 42.8 Å². The van der Waals surface area contributed by atoms with Crippen LogP contribution in [-0.2, 0) is 13.7 Å². The summed E-state index contributed by atoms with van der Waals surface area (Å²) in [5.74, 6) is 1.41. The molecule has 1 N–H and O–H groups in total. The van der Waals surface area contributed by atoms with Crippen molar-refractivity contribution in [3.05, 3.63) is 60.6 Å². The van der Waals surface area contributed by atoms with E-state index in [1.54, 1.807) is 24.2 Å². The molecule has 2 aromatic heterocycles. The van der Waals surface area contributed by atoms with E-state index in [1.807, 2.05) is 37.5 Å². The standard InChI is InChI=1S/C24H25N5O2/c1-28-14-18(11-26-28)24-12-25-22-6-5-19(10-23(22)27-24)29(13-16-3-4-16)20-7-17(15-30)8-21(9-20)31-2/h5-12,14,16,30H,3-4,13,15H2,1-2H3. The maximum absolute atomic E-state index is 9.71. The van der Waals surface area contributed by atoms with Gasteiger partial charge in [-0.25, -0.2) is 4.98 Å². The maximum Gasteiger partial charge on any atom is 0.121 e. The first kappa shape index (κ1) is 19.5. The van der Waals surface area contributed by atoms with Gasteiger partial charge in [-0.2, -0.15) is 5.10 Å². The predicted octanol–water partition coefficient (Wildman–Crippen LogP) is 4.08. The van der Waals surface area contributed by atoms with Gasteiger partial charge < -0.3 is 14.7 Å². The Morgan fingerprint density at radius 3 is 2.68 bits per heavy atom. The zero-order valence-electron chi connectivity index (χ0n) is 17.7. The van der Waals surface area contributed by atoms with E-state index in [0.29, 0.717) is 5.92 Å². The molecule has 0 bridgehead atoms. The number of rotatable bonds is 7. The van der Waals surface area contributed by atoms with Crippen molar-refractivity contribution in [2.45, 2.75) is 19.4 Å². The highest BCUT2D eigenvalue weighted by Crippen LogP contribution is 2.37. The van der Waals surface area contributed by atoms with Crippen molar-refractivity contribution >= 4 is 22.4 Å². The molecule has 5 rings (SSSR count). The van der Waals surface area contributed by atoms with E-state index >= 15 is 0 Å². The van der Waals surface area contributed by atoms with E-state index in [2.05, 4.69) is 27.1 Å². The minimum Gasteiger partial charge on any atom is -0.497 e. The predicted molar refractivity (Wildman–Crippen MR) is 120 cm³/mol. The second-order valence-corrected chi connectivity index (χ2v) is 8.08. The molecule has 7 nitrogen and oxygen atoms in total. The van der Waals surface area contributed by atoms with Crippen LogP contribution in [0, 0.1) is 5.92 Å². The van der Waals surface area contributed by atoms with Gasteiger partial charge in [-0.05, 0) is 54.7 Å². The van der Waals surface area contributed by atoms with Crippen molar-refractivity contribution in [1.82, 2.24) is 19.7 Å². The number of benzene rings is 2.